The van der Waals surface area contributed by atoms with Crippen LogP contribution in [-0.4, -0.2) is 37.5 Å². The summed E-state index contributed by atoms with van der Waals surface area (Å²) in [6.45, 7) is 5.28. The normalized spacial score (nSPS) is 18.6. The van der Waals surface area contributed by atoms with Crippen LogP contribution in [-0.2, 0) is 14.3 Å². The molecule has 1 saturated carbocycles. The Balaban J connectivity index is 2.34. The summed E-state index contributed by atoms with van der Waals surface area (Å²) in [6.07, 6.45) is 3.23. The highest BCUT2D eigenvalue weighted by Gasteiger charge is 2.36. The van der Waals surface area contributed by atoms with Crippen molar-refractivity contribution < 1.29 is 14.3 Å². The van der Waals surface area contributed by atoms with Gasteiger partial charge in [-0.2, -0.15) is 0 Å². The highest BCUT2D eigenvalue weighted by Crippen LogP contribution is 2.27. The molecule has 0 aromatic carbocycles. The Kier molecular flexibility index (Phi) is 5.88. The van der Waals surface area contributed by atoms with E-state index in [0.717, 1.165) is 25.7 Å². The predicted molar refractivity (Wildman–Crippen MR) is 65.4 cm³/mol. The molecule has 0 atom stereocenters. The van der Waals surface area contributed by atoms with Gasteiger partial charge in [-0.25, -0.2) is 0 Å². The van der Waals surface area contributed by atoms with Crippen LogP contribution < -0.4 is 11.1 Å². The molecule has 1 amide bonds. The molecule has 0 spiro atoms. The zero-order valence-corrected chi connectivity index (χ0v) is 10.8. The van der Waals surface area contributed by atoms with Gasteiger partial charge in [0.05, 0.1) is 12.1 Å². The van der Waals surface area contributed by atoms with Crippen LogP contribution >= 0.6 is 0 Å². The van der Waals surface area contributed by atoms with E-state index in [1.807, 2.05) is 13.8 Å². The Bertz CT molecular complexity index is 234. The number of nitrogens with two attached hydrogens (primary N) is 1. The second kappa shape index (κ2) is 6.93. The standard InChI is InChI=1S/C12H24N2O3/c1-3-16-10(17-4-2)9-14-11(15)12(13)7-5-6-8-12/h10H,3-9,13H2,1-2H3,(H,14,15). The largest absolute Gasteiger partial charge is 0.351 e. The van der Waals surface area contributed by atoms with Gasteiger partial charge in [0.15, 0.2) is 6.29 Å². The maximum atomic E-state index is 11.9. The predicted octanol–water partition coefficient (Wildman–Crippen LogP) is 0.773. The Morgan fingerprint density at radius 3 is 2.29 bits per heavy atom. The fourth-order valence-corrected chi connectivity index (χ4v) is 2.12. The summed E-state index contributed by atoms with van der Waals surface area (Å²) in [4.78, 5) is 11.9. The quantitative estimate of drug-likeness (QED) is 0.649. The number of hydrogen-bond acceptors (Lipinski definition) is 4. The van der Waals surface area contributed by atoms with Crippen LogP contribution in [0.5, 0.6) is 0 Å². The molecule has 0 unspecified atom stereocenters. The Morgan fingerprint density at radius 1 is 1.29 bits per heavy atom. The van der Waals surface area contributed by atoms with E-state index in [1.165, 1.54) is 0 Å². The van der Waals surface area contributed by atoms with Crippen LogP contribution in [0.4, 0.5) is 0 Å². The van der Waals surface area contributed by atoms with Crippen LogP contribution in [0.3, 0.4) is 0 Å². The van der Waals surface area contributed by atoms with Gasteiger partial charge in [0.2, 0.25) is 5.91 Å². The minimum atomic E-state index is -0.678. The summed E-state index contributed by atoms with van der Waals surface area (Å²) in [6, 6.07) is 0. The van der Waals surface area contributed by atoms with E-state index >= 15 is 0 Å². The first-order valence-electron chi connectivity index (χ1n) is 6.42. The fraction of sp³-hybridized carbons (Fsp3) is 0.917. The van der Waals surface area contributed by atoms with Gasteiger partial charge < -0.3 is 20.5 Å². The van der Waals surface area contributed by atoms with Gasteiger partial charge in [0.25, 0.3) is 0 Å². The molecule has 5 nitrogen and oxygen atoms in total. The summed E-state index contributed by atoms with van der Waals surface area (Å²) in [5.74, 6) is -0.0839. The van der Waals surface area contributed by atoms with E-state index in [-0.39, 0.29) is 12.2 Å². The maximum absolute atomic E-state index is 11.9. The second-order valence-corrected chi connectivity index (χ2v) is 4.41. The zero-order chi connectivity index (χ0) is 12.7. The van der Waals surface area contributed by atoms with Gasteiger partial charge in [-0.3, -0.25) is 4.79 Å². The van der Waals surface area contributed by atoms with Crippen molar-refractivity contribution in [2.45, 2.75) is 51.4 Å². The Morgan fingerprint density at radius 2 is 1.82 bits per heavy atom. The molecular weight excluding hydrogens is 220 g/mol. The van der Waals surface area contributed by atoms with Gasteiger partial charge in [-0.1, -0.05) is 12.8 Å². The molecule has 0 saturated heterocycles. The third-order valence-electron chi connectivity index (χ3n) is 3.08. The summed E-state index contributed by atoms with van der Waals surface area (Å²) in [5, 5.41) is 2.82. The lowest BCUT2D eigenvalue weighted by Gasteiger charge is -2.24. The van der Waals surface area contributed by atoms with Crippen molar-refractivity contribution in [3.05, 3.63) is 0 Å². The number of nitrogens with one attached hydrogen (secondary N) is 1. The molecule has 1 aliphatic rings. The van der Waals surface area contributed by atoms with Crippen molar-refractivity contribution in [1.82, 2.24) is 5.32 Å². The Labute approximate surface area is 103 Å². The van der Waals surface area contributed by atoms with Gasteiger partial charge in [0, 0.05) is 13.2 Å². The SMILES string of the molecule is CCOC(CNC(=O)C1(N)CCCC1)OCC. The summed E-state index contributed by atoms with van der Waals surface area (Å²) in [7, 11) is 0. The smallest absolute Gasteiger partial charge is 0.240 e. The van der Waals surface area contributed by atoms with Crippen molar-refractivity contribution in [3.8, 4) is 0 Å². The molecule has 3 N–H and O–H groups in total. The second-order valence-electron chi connectivity index (χ2n) is 4.41. The van der Waals surface area contributed by atoms with E-state index in [4.69, 9.17) is 15.2 Å². The molecule has 1 aliphatic carbocycles. The van der Waals surface area contributed by atoms with Crippen LogP contribution in [0.2, 0.25) is 0 Å². The zero-order valence-electron chi connectivity index (χ0n) is 10.8. The molecule has 5 heteroatoms. The maximum Gasteiger partial charge on any atom is 0.240 e. The van der Waals surface area contributed by atoms with Crippen molar-refractivity contribution in [3.63, 3.8) is 0 Å². The van der Waals surface area contributed by atoms with E-state index in [2.05, 4.69) is 5.32 Å². The van der Waals surface area contributed by atoms with Gasteiger partial charge in [0.1, 0.15) is 0 Å². The molecule has 0 bridgehead atoms. The average molecular weight is 244 g/mol. The van der Waals surface area contributed by atoms with E-state index in [0.29, 0.717) is 19.8 Å². The number of hydrogen-bond donors (Lipinski definition) is 2. The minimum absolute atomic E-state index is 0.0839. The Hall–Kier alpha value is -0.650. The summed E-state index contributed by atoms with van der Waals surface area (Å²) in [5.41, 5.74) is 5.37. The number of ether oxygens (including phenoxy) is 2. The number of carbonyl (C=O) groups is 1. The van der Waals surface area contributed by atoms with Crippen LogP contribution in [0.1, 0.15) is 39.5 Å². The molecule has 0 aliphatic heterocycles. The fourth-order valence-electron chi connectivity index (χ4n) is 2.12. The van der Waals surface area contributed by atoms with E-state index in [9.17, 15) is 4.79 Å². The van der Waals surface area contributed by atoms with Gasteiger partial charge in [-0.15, -0.1) is 0 Å². The first kappa shape index (κ1) is 14.4. The van der Waals surface area contributed by atoms with Crippen LogP contribution in [0.25, 0.3) is 0 Å². The van der Waals surface area contributed by atoms with Crippen molar-refractivity contribution in [2.24, 2.45) is 5.73 Å². The average Bonchev–Trinajstić information content (AvgIpc) is 2.74. The van der Waals surface area contributed by atoms with Gasteiger partial charge in [-0.05, 0) is 26.7 Å². The first-order chi connectivity index (χ1) is 8.12. The summed E-state index contributed by atoms with van der Waals surface area (Å²) < 4.78 is 10.7. The van der Waals surface area contributed by atoms with Crippen LogP contribution in [0.15, 0.2) is 0 Å². The molecule has 0 radical (unpaired) electrons. The van der Waals surface area contributed by atoms with Gasteiger partial charge >= 0.3 is 0 Å². The van der Waals surface area contributed by atoms with Crippen molar-refractivity contribution in [1.29, 1.82) is 0 Å². The van der Waals surface area contributed by atoms with Crippen LogP contribution in [0, 0.1) is 0 Å². The topological polar surface area (TPSA) is 73.6 Å². The molecule has 0 heterocycles. The third-order valence-corrected chi connectivity index (χ3v) is 3.08. The minimum Gasteiger partial charge on any atom is -0.351 e. The number of carbonyl (C=O) groups excluding carboxylic acids is 1. The van der Waals surface area contributed by atoms with E-state index < -0.39 is 5.54 Å². The van der Waals surface area contributed by atoms with Crippen molar-refractivity contribution >= 4 is 5.91 Å². The molecule has 0 aromatic heterocycles. The molecule has 17 heavy (non-hydrogen) atoms. The summed E-state index contributed by atoms with van der Waals surface area (Å²) >= 11 is 0. The molecule has 0 aromatic rings. The lowest BCUT2D eigenvalue weighted by atomic mass is 9.98. The van der Waals surface area contributed by atoms with E-state index in [1.54, 1.807) is 0 Å². The molecule has 1 fully saturated rings. The lowest BCUT2D eigenvalue weighted by Crippen LogP contribution is -2.53. The first-order valence-corrected chi connectivity index (χ1v) is 6.42. The molecule has 100 valence electrons. The number of amides is 1. The van der Waals surface area contributed by atoms with Crippen molar-refractivity contribution in [2.75, 3.05) is 19.8 Å². The third kappa shape index (κ3) is 4.26. The number of rotatable bonds is 7. The monoisotopic (exact) mass is 244 g/mol. The highest BCUT2D eigenvalue weighted by atomic mass is 16.7. The lowest BCUT2D eigenvalue weighted by molar-refractivity contribution is -0.142. The molecular formula is C12H24N2O3. The highest BCUT2D eigenvalue weighted by molar-refractivity contribution is 5.86. The molecule has 1 rings (SSSR count).